The van der Waals surface area contributed by atoms with Gasteiger partial charge in [-0.25, -0.2) is 0 Å². The number of benzene rings is 1. The number of carbonyl (C=O) groups is 2. The maximum absolute atomic E-state index is 11.7. The molecular formula is C17H21NO4. The van der Waals surface area contributed by atoms with Gasteiger partial charge >= 0.3 is 5.97 Å². The van der Waals surface area contributed by atoms with E-state index >= 15 is 0 Å². The van der Waals surface area contributed by atoms with Crippen LogP contribution >= 0.6 is 0 Å². The Balaban J connectivity index is 1.70. The molecule has 1 aromatic rings. The van der Waals surface area contributed by atoms with Crippen LogP contribution in [-0.2, 0) is 16.0 Å². The standard InChI is InChI=1S/C17H21NO4/c1-22-13-5-4-11-2-3-12(14(11)8-13)9-18-7-6-16(19)15(10-18)17(20)21/h4-5,8,12,15H,2-3,6-7,9-10H2,1H3,(H,20,21). The summed E-state index contributed by atoms with van der Waals surface area (Å²) >= 11 is 0. The number of hydrogen-bond acceptors (Lipinski definition) is 4. The molecule has 1 aliphatic carbocycles. The van der Waals surface area contributed by atoms with Gasteiger partial charge in [0.15, 0.2) is 0 Å². The molecule has 0 bridgehead atoms. The van der Waals surface area contributed by atoms with Gasteiger partial charge in [0.25, 0.3) is 0 Å². The topological polar surface area (TPSA) is 66.8 Å². The average molecular weight is 303 g/mol. The van der Waals surface area contributed by atoms with Crippen molar-refractivity contribution in [1.29, 1.82) is 0 Å². The van der Waals surface area contributed by atoms with Gasteiger partial charge in [-0.3, -0.25) is 9.59 Å². The Hall–Kier alpha value is -1.88. The molecule has 0 spiro atoms. The molecule has 0 radical (unpaired) electrons. The van der Waals surface area contributed by atoms with Gasteiger partial charge in [-0.15, -0.1) is 0 Å². The second-order valence-corrected chi connectivity index (χ2v) is 6.17. The lowest BCUT2D eigenvalue weighted by Crippen LogP contribution is -2.45. The molecular weight excluding hydrogens is 282 g/mol. The Morgan fingerprint density at radius 1 is 1.41 bits per heavy atom. The number of aliphatic carboxylic acids is 1. The molecule has 3 rings (SSSR count). The molecule has 0 saturated carbocycles. The van der Waals surface area contributed by atoms with Gasteiger partial charge in [-0.1, -0.05) is 6.07 Å². The Labute approximate surface area is 129 Å². The van der Waals surface area contributed by atoms with E-state index in [-0.39, 0.29) is 5.78 Å². The van der Waals surface area contributed by atoms with Crippen molar-refractivity contribution in [3.05, 3.63) is 29.3 Å². The minimum Gasteiger partial charge on any atom is -0.497 e. The van der Waals surface area contributed by atoms with E-state index in [0.29, 0.717) is 25.4 Å². The first-order chi connectivity index (χ1) is 10.6. The molecule has 22 heavy (non-hydrogen) atoms. The molecule has 1 N–H and O–H groups in total. The van der Waals surface area contributed by atoms with Crippen molar-refractivity contribution in [2.24, 2.45) is 5.92 Å². The Kier molecular flexibility index (Phi) is 4.16. The molecule has 0 amide bonds. The van der Waals surface area contributed by atoms with Gasteiger partial charge in [0, 0.05) is 26.1 Å². The van der Waals surface area contributed by atoms with Gasteiger partial charge in [0.2, 0.25) is 0 Å². The monoisotopic (exact) mass is 303 g/mol. The molecule has 118 valence electrons. The number of methoxy groups -OCH3 is 1. The number of carboxylic acids is 1. The van der Waals surface area contributed by atoms with E-state index in [1.54, 1.807) is 7.11 Å². The van der Waals surface area contributed by atoms with Crippen molar-refractivity contribution < 1.29 is 19.4 Å². The van der Waals surface area contributed by atoms with Gasteiger partial charge < -0.3 is 14.7 Å². The molecule has 5 nitrogen and oxygen atoms in total. The van der Waals surface area contributed by atoms with Gasteiger partial charge in [0.1, 0.15) is 17.5 Å². The van der Waals surface area contributed by atoms with E-state index in [9.17, 15) is 9.59 Å². The highest BCUT2D eigenvalue weighted by Crippen LogP contribution is 2.36. The smallest absolute Gasteiger partial charge is 0.315 e. The van der Waals surface area contributed by atoms with Crippen LogP contribution in [0.5, 0.6) is 5.75 Å². The second-order valence-electron chi connectivity index (χ2n) is 6.17. The maximum Gasteiger partial charge on any atom is 0.315 e. The number of piperidine rings is 1. The van der Waals surface area contributed by atoms with E-state index in [1.165, 1.54) is 11.1 Å². The lowest BCUT2D eigenvalue weighted by Gasteiger charge is -2.31. The van der Waals surface area contributed by atoms with E-state index in [0.717, 1.165) is 25.1 Å². The van der Waals surface area contributed by atoms with Crippen molar-refractivity contribution >= 4 is 11.8 Å². The number of aryl methyl sites for hydroxylation is 1. The number of rotatable bonds is 4. The third kappa shape index (κ3) is 2.86. The van der Waals surface area contributed by atoms with Gasteiger partial charge in [0.05, 0.1) is 7.11 Å². The second kappa shape index (κ2) is 6.08. The summed E-state index contributed by atoms with van der Waals surface area (Å²) < 4.78 is 5.30. The first-order valence-electron chi connectivity index (χ1n) is 7.73. The summed E-state index contributed by atoms with van der Waals surface area (Å²) in [4.78, 5) is 25.0. The highest BCUT2D eigenvalue weighted by Gasteiger charge is 2.34. The van der Waals surface area contributed by atoms with Crippen LogP contribution < -0.4 is 4.74 Å². The van der Waals surface area contributed by atoms with Crippen LogP contribution in [0.25, 0.3) is 0 Å². The van der Waals surface area contributed by atoms with Gasteiger partial charge in [-0.2, -0.15) is 0 Å². The van der Waals surface area contributed by atoms with Crippen LogP contribution in [0.4, 0.5) is 0 Å². The minimum absolute atomic E-state index is 0.141. The largest absolute Gasteiger partial charge is 0.497 e. The lowest BCUT2D eigenvalue weighted by molar-refractivity contribution is -0.148. The van der Waals surface area contributed by atoms with Crippen LogP contribution in [0.1, 0.15) is 29.9 Å². The summed E-state index contributed by atoms with van der Waals surface area (Å²) in [5.74, 6) is -0.740. The lowest BCUT2D eigenvalue weighted by atomic mass is 9.94. The third-order valence-corrected chi connectivity index (χ3v) is 4.84. The van der Waals surface area contributed by atoms with E-state index in [4.69, 9.17) is 9.84 Å². The predicted molar refractivity (Wildman–Crippen MR) is 81.2 cm³/mol. The number of fused-ring (bicyclic) bond motifs is 1. The molecule has 0 aromatic heterocycles. The molecule has 2 unspecified atom stereocenters. The SMILES string of the molecule is COc1ccc2c(c1)C(CN1CCC(=O)C(C(=O)O)C1)CC2. The van der Waals surface area contributed by atoms with Crippen LogP contribution in [0.3, 0.4) is 0 Å². The molecule has 5 heteroatoms. The first kappa shape index (κ1) is 15.0. The Bertz CT molecular complexity index is 598. The van der Waals surface area contributed by atoms with Crippen LogP contribution in [0.15, 0.2) is 18.2 Å². The van der Waals surface area contributed by atoms with Crippen molar-refractivity contribution in [2.45, 2.75) is 25.2 Å². The number of likely N-dealkylation sites (tertiary alicyclic amines) is 1. The number of Topliss-reactive ketones (excluding diaryl/α,β-unsaturated/α-hetero) is 1. The van der Waals surface area contributed by atoms with E-state index in [1.807, 2.05) is 6.07 Å². The molecule has 1 aromatic carbocycles. The fourth-order valence-electron chi connectivity index (χ4n) is 3.57. The molecule has 1 aliphatic heterocycles. The molecule has 1 heterocycles. The quantitative estimate of drug-likeness (QED) is 0.858. The average Bonchev–Trinajstić information content (AvgIpc) is 2.91. The summed E-state index contributed by atoms with van der Waals surface area (Å²) in [6.45, 7) is 1.82. The fourth-order valence-corrected chi connectivity index (χ4v) is 3.57. The maximum atomic E-state index is 11.7. The number of carbonyl (C=O) groups excluding carboxylic acids is 1. The third-order valence-electron chi connectivity index (χ3n) is 4.84. The van der Waals surface area contributed by atoms with Crippen LogP contribution in [0.2, 0.25) is 0 Å². The number of nitrogens with zero attached hydrogens (tertiary/aromatic N) is 1. The summed E-state index contributed by atoms with van der Waals surface area (Å²) in [5.41, 5.74) is 2.66. The number of ether oxygens (including phenoxy) is 1. The summed E-state index contributed by atoms with van der Waals surface area (Å²) in [7, 11) is 1.67. The molecule has 1 fully saturated rings. The fraction of sp³-hybridized carbons (Fsp3) is 0.529. The van der Waals surface area contributed by atoms with E-state index in [2.05, 4.69) is 17.0 Å². The summed E-state index contributed by atoms with van der Waals surface area (Å²) in [6, 6.07) is 6.20. The molecule has 2 atom stereocenters. The summed E-state index contributed by atoms with van der Waals surface area (Å²) in [6.07, 6.45) is 2.47. The molecule has 2 aliphatic rings. The Morgan fingerprint density at radius 3 is 2.95 bits per heavy atom. The highest BCUT2D eigenvalue weighted by molar-refractivity contribution is 5.99. The number of hydrogen-bond donors (Lipinski definition) is 1. The number of ketones is 1. The Morgan fingerprint density at radius 2 is 2.23 bits per heavy atom. The van der Waals surface area contributed by atoms with Crippen LogP contribution in [-0.4, -0.2) is 48.5 Å². The van der Waals surface area contributed by atoms with Crippen LogP contribution in [0, 0.1) is 5.92 Å². The van der Waals surface area contributed by atoms with Crippen molar-refractivity contribution in [3.63, 3.8) is 0 Å². The van der Waals surface area contributed by atoms with Crippen molar-refractivity contribution in [3.8, 4) is 5.75 Å². The highest BCUT2D eigenvalue weighted by atomic mass is 16.5. The van der Waals surface area contributed by atoms with E-state index < -0.39 is 11.9 Å². The first-order valence-corrected chi connectivity index (χ1v) is 7.73. The molecule has 1 saturated heterocycles. The summed E-state index contributed by atoms with van der Waals surface area (Å²) in [5, 5.41) is 9.15. The zero-order valence-electron chi connectivity index (χ0n) is 12.7. The predicted octanol–water partition coefficient (Wildman–Crippen LogP) is 1.70. The van der Waals surface area contributed by atoms with Crippen molar-refractivity contribution in [1.82, 2.24) is 4.90 Å². The zero-order valence-corrected chi connectivity index (χ0v) is 12.7. The van der Waals surface area contributed by atoms with Crippen molar-refractivity contribution in [2.75, 3.05) is 26.7 Å². The number of carboxylic acid groups (broad SMARTS) is 1. The normalized spacial score (nSPS) is 25.0. The zero-order chi connectivity index (χ0) is 15.7. The van der Waals surface area contributed by atoms with Gasteiger partial charge in [-0.05, 0) is 42.0 Å². The minimum atomic E-state index is -0.997.